The highest BCUT2D eigenvalue weighted by Gasteiger charge is 2.18. The van der Waals surface area contributed by atoms with Gasteiger partial charge in [0, 0.05) is 6.54 Å². The largest absolute Gasteiger partial charge is 0.387 e. The first-order valence-corrected chi connectivity index (χ1v) is 9.55. The zero-order valence-corrected chi connectivity index (χ0v) is 14.3. The molecule has 2 aromatic carbocycles. The molecule has 23 heavy (non-hydrogen) atoms. The molecular formula is C16H14ClNO3S2. The molecule has 1 unspecified atom stereocenters. The molecule has 0 fully saturated rings. The predicted octanol–water partition coefficient (Wildman–Crippen LogP) is 3.57. The van der Waals surface area contributed by atoms with Gasteiger partial charge < -0.3 is 5.11 Å². The van der Waals surface area contributed by atoms with Crippen molar-refractivity contribution in [3.05, 3.63) is 64.5 Å². The molecule has 2 N–H and O–H groups in total. The summed E-state index contributed by atoms with van der Waals surface area (Å²) in [6.07, 6.45) is -0.926. The summed E-state index contributed by atoms with van der Waals surface area (Å²) in [6.45, 7) is -0.101. The van der Waals surface area contributed by atoms with Gasteiger partial charge in [0.05, 0.1) is 10.4 Å². The predicted molar refractivity (Wildman–Crippen MR) is 93.4 cm³/mol. The van der Waals surface area contributed by atoms with E-state index < -0.39 is 16.1 Å². The van der Waals surface area contributed by atoms with Gasteiger partial charge in [0.1, 0.15) is 4.21 Å². The fourth-order valence-electron chi connectivity index (χ4n) is 2.23. The molecule has 0 spiro atoms. The van der Waals surface area contributed by atoms with Crippen molar-refractivity contribution >= 4 is 43.7 Å². The first-order valence-electron chi connectivity index (χ1n) is 6.87. The molecule has 3 aromatic rings. The number of hydrogen-bond acceptors (Lipinski definition) is 4. The lowest BCUT2D eigenvalue weighted by atomic mass is 10.0. The van der Waals surface area contributed by atoms with Crippen LogP contribution in [0.5, 0.6) is 0 Å². The summed E-state index contributed by atoms with van der Waals surface area (Å²) < 4.78 is 27.2. The number of benzene rings is 2. The Kier molecular flexibility index (Phi) is 4.70. The molecule has 3 rings (SSSR count). The quantitative estimate of drug-likeness (QED) is 0.724. The van der Waals surface area contributed by atoms with E-state index >= 15 is 0 Å². The van der Waals surface area contributed by atoms with Gasteiger partial charge in [-0.05, 0) is 34.5 Å². The van der Waals surface area contributed by atoms with Crippen LogP contribution in [0.3, 0.4) is 0 Å². The van der Waals surface area contributed by atoms with Crippen LogP contribution in [0.25, 0.3) is 10.8 Å². The van der Waals surface area contributed by atoms with Crippen LogP contribution in [0.2, 0.25) is 4.34 Å². The van der Waals surface area contributed by atoms with Gasteiger partial charge in [0.2, 0.25) is 10.0 Å². The highest BCUT2D eigenvalue weighted by molar-refractivity contribution is 7.91. The minimum atomic E-state index is -3.66. The van der Waals surface area contributed by atoms with Crippen LogP contribution >= 0.6 is 22.9 Å². The number of thiophene rings is 1. The highest BCUT2D eigenvalue weighted by Crippen LogP contribution is 2.26. The van der Waals surface area contributed by atoms with E-state index in [1.54, 1.807) is 6.07 Å². The number of hydrogen-bond donors (Lipinski definition) is 2. The number of nitrogens with one attached hydrogen (secondary N) is 1. The normalized spacial score (nSPS) is 13.3. The van der Waals surface area contributed by atoms with Gasteiger partial charge in [-0.15, -0.1) is 11.3 Å². The summed E-state index contributed by atoms with van der Waals surface area (Å²) in [5.41, 5.74) is 0.663. The van der Waals surface area contributed by atoms with Crippen molar-refractivity contribution in [2.45, 2.75) is 10.3 Å². The fraction of sp³-hybridized carbons (Fsp3) is 0.125. The average Bonchev–Trinajstić information content (AvgIpc) is 2.99. The van der Waals surface area contributed by atoms with E-state index in [9.17, 15) is 13.5 Å². The monoisotopic (exact) mass is 367 g/mol. The van der Waals surface area contributed by atoms with Gasteiger partial charge >= 0.3 is 0 Å². The van der Waals surface area contributed by atoms with Crippen LogP contribution in [0.15, 0.2) is 58.8 Å². The van der Waals surface area contributed by atoms with Crippen molar-refractivity contribution in [2.24, 2.45) is 0 Å². The lowest BCUT2D eigenvalue weighted by molar-refractivity contribution is 0.182. The summed E-state index contributed by atoms with van der Waals surface area (Å²) >= 11 is 6.73. The Morgan fingerprint density at radius 1 is 1.09 bits per heavy atom. The van der Waals surface area contributed by atoms with Crippen molar-refractivity contribution in [3.63, 3.8) is 0 Å². The second-order valence-electron chi connectivity index (χ2n) is 5.03. The molecule has 1 aromatic heterocycles. The molecule has 0 amide bonds. The molecule has 4 nitrogen and oxygen atoms in total. The molecule has 0 bridgehead atoms. The minimum absolute atomic E-state index is 0.101. The maximum Gasteiger partial charge on any atom is 0.250 e. The zero-order valence-electron chi connectivity index (χ0n) is 11.9. The van der Waals surface area contributed by atoms with Crippen LogP contribution in [0.4, 0.5) is 0 Å². The Labute approximate surface area is 143 Å². The summed E-state index contributed by atoms with van der Waals surface area (Å²) in [5, 5.41) is 12.3. The molecule has 0 saturated carbocycles. The molecule has 7 heteroatoms. The van der Waals surface area contributed by atoms with E-state index in [2.05, 4.69) is 4.72 Å². The molecule has 1 heterocycles. The zero-order chi connectivity index (χ0) is 16.4. The molecule has 0 aliphatic rings. The molecular weight excluding hydrogens is 354 g/mol. The summed E-state index contributed by atoms with van der Waals surface area (Å²) in [5.74, 6) is 0. The highest BCUT2D eigenvalue weighted by atomic mass is 35.5. The number of sulfonamides is 1. The molecule has 120 valence electrons. The second-order valence-corrected chi connectivity index (χ2v) is 8.74. The van der Waals surface area contributed by atoms with E-state index in [4.69, 9.17) is 11.6 Å². The molecule has 0 aliphatic heterocycles. The van der Waals surface area contributed by atoms with E-state index in [1.165, 1.54) is 12.1 Å². The summed E-state index contributed by atoms with van der Waals surface area (Å²) in [4.78, 5) is 0. The van der Waals surface area contributed by atoms with Crippen molar-refractivity contribution in [3.8, 4) is 0 Å². The number of fused-ring (bicyclic) bond motifs is 1. The topological polar surface area (TPSA) is 66.4 Å². The van der Waals surface area contributed by atoms with Gasteiger partial charge in [0.15, 0.2) is 0 Å². The maximum atomic E-state index is 12.1. The van der Waals surface area contributed by atoms with Gasteiger partial charge in [-0.3, -0.25) is 0 Å². The lowest BCUT2D eigenvalue weighted by Gasteiger charge is -2.13. The Balaban J connectivity index is 1.74. The summed E-state index contributed by atoms with van der Waals surface area (Å²) in [6, 6.07) is 16.3. The van der Waals surface area contributed by atoms with Gasteiger partial charge in [-0.25, -0.2) is 13.1 Å². The smallest absolute Gasteiger partial charge is 0.250 e. The van der Waals surface area contributed by atoms with Crippen LogP contribution in [0.1, 0.15) is 11.7 Å². The van der Waals surface area contributed by atoms with E-state index in [1.807, 2.05) is 36.4 Å². The van der Waals surface area contributed by atoms with Crippen LogP contribution in [-0.4, -0.2) is 20.1 Å². The van der Waals surface area contributed by atoms with Crippen LogP contribution in [0, 0.1) is 0 Å². The molecule has 0 radical (unpaired) electrons. The Morgan fingerprint density at radius 3 is 2.52 bits per heavy atom. The number of halogens is 1. The third-order valence-corrected chi connectivity index (χ3v) is 6.58. The van der Waals surface area contributed by atoms with Crippen molar-refractivity contribution in [1.29, 1.82) is 0 Å². The standard InChI is InChI=1S/C16H14ClNO3S2/c17-15-7-8-16(22-15)23(20,21)18-10-14(19)13-6-5-11-3-1-2-4-12(11)9-13/h1-9,14,18-19H,10H2. The van der Waals surface area contributed by atoms with Crippen molar-refractivity contribution in [2.75, 3.05) is 6.54 Å². The molecule has 1 atom stereocenters. The van der Waals surface area contributed by atoms with E-state index in [0.29, 0.717) is 9.90 Å². The number of rotatable bonds is 5. The number of aliphatic hydroxyl groups excluding tert-OH is 1. The van der Waals surface area contributed by atoms with E-state index in [-0.39, 0.29) is 10.8 Å². The average molecular weight is 368 g/mol. The Bertz CT molecular complexity index is 937. The van der Waals surface area contributed by atoms with Crippen molar-refractivity contribution in [1.82, 2.24) is 4.72 Å². The summed E-state index contributed by atoms with van der Waals surface area (Å²) in [7, 11) is -3.66. The third kappa shape index (κ3) is 3.73. The molecule has 0 saturated heterocycles. The second kappa shape index (κ2) is 6.59. The molecule has 0 aliphatic carbocycles. The minimum Gasteiger partial charge on any atom is -0.387 e. The third-order valence-electron chi connectivity index (χ3n) is 3.44. The number of aliphatic hydroxyl groups is 1. The van der Waals surface area contributed by atoms with Gasteiger partial charge in [-0.1, -0.05) is 48.0 Å². The first-order chi connectivity index (χ1) is 11.0. The van der Waals surface area contributed by atoms with Gasteiger partial charge in [0.25, 0.3) is 0 Å². The Morgan fingerprint density at radius 2 is 1.83 bits per heavy atom. The maximum absolute atomic E-state index is 12.1. The van der Waals surface area contributed by atoms with Crippen LogP contribution < -0.4 is 4.72 Å². The lowest BCUT2D eigenvalue weighted by Crippen LogP contribution is -2.28. The SMILES string of the molecule is O=S(=O)(NCC(O)c1ccc2ccccc2c1)c1ccc(Cl)s1. The fourth-order valence-corrected chi connectivity index (χ4v) is 4.80. The Hall–Kier alpha value is -1.44. The van der Waals surface area contributed by atoms with Crippen molar-refractivity contribution < 1.29 is 13.5 Å². The van der Waals surface area contributed by atoms with E-state index in [0.717, 1.165) is 22.1 Å². The van der Waals surface area contributed by atoms with Gasteiger partial charge in [-0.2, -0.15) is 0 Å². The van der Waals surface area contributed by atoms with Crippen LogP contribution in [-0.2, 0) is 10.0 Å². The first kappa shape index (κ1) is 16.4.